The van der Waals surface area contributed by atoms with Crippen molar-refractivity contribution < 1.29 is 36.2 Å². The van der Waals surface area contributed by atoms with E-state index in [4.69, 9.17) is 5.11 Å². The van der Waals surface area contributed by atoms with Crippen LogP contribution in [-0.4, -0.2) is 15.6 Å². The number of hydrogen-bond acceptors (Lipinski definition) is 1. The van der Waals surface area contributed by atoms with Crippen molar-refractivity contribution in [3.8, 4) is 5.69 Å². The highest BCUT2D eigenvalue weighted by Gasteiger charge is 2.37. The normalized spacial score (nSPS) is 12.5. The van der Waals surface area contributed by atoms with Crippen molar-refractivity contribution in [1.82, 2.24) is 4.57 Å². The van der Waals surface area contributed by atoms with Gasteiger partial charge in [-0.05, 0) is 38.1 Å². The van der Waals surface area contributed by atoms with Gasteiger partial charge in [0.25, 0.3) is 0 Å². The van der Waals surface area contributed by atoms with Gasteiger partial charge in [0.1, 0.15) is 0 Å². The van der Waals surface area contributed by atoms with E-state index in [1.54, 1.807) is 0 Å². The largest absolute Gasteiger partial charge is 0.478 e. The number of rotatable bonds is 2. The molecule has 2 aromatic rings. The van der Waals surface area contributed by atoms with E-state index in [9.17, 15) is 31.1 Å². The minimum Gasteiger partial charge on any atom is -0.478 e. The van der Waals surface area contributed by atoms with Gasteiger partial charge in [-0.15, -0.1) is 0 Å². The molecule has 0 spiro atoms. The smallest absolute Gasteiger partial charge is 0.416 e. The summed E-state index contributed by atoms with van der Waals surface area (Å²) >= 11 is 0. The predicted molar refractivity (Wildman–Crippen MR) is 72.2 cm³/mol. The molecule has 1 heterocycles. The number of benzene rings is 1. The molecule has 1 aromatic carbocycles. The van der Waals surface area contributed by atoms with E-state index in [2.05, 4.69) is 0 Å². The molecule has 0 amide bonds. The van der Waals surface area contributed by atoms with Crippen LogP contribution in [0.5, 0.6) is 0 Å². The average Bonchev–Trinajstić information content (AvgIpc) is 2.71. The van der Waals surface area contributed by atoms with Gasteiger partial charge in [-0.25, -0.2) is 4.79 Å². The molecular formula is C15H11F6NO2. The van der Waals surface area contributed by atoms with Crippen molar-refractivity contribution in [3.63, 3.8) is 0 Å². The Kier molecular flexibility index (Phi) is 4.15. The van der Waals surface area contributed by atoms with Gasteiger partial charge in [-0.2, -0.15) is 26.3 Å². The third-order valence-electron chi connectivity index (χ3n) is 3.49. The molecule has 1 aromatic heterocycles. The van der Waals surface area contributed by atoms with E-state index < -0.39 is 35.1 Å². The number of aryl methyl sites for hydroxylation is 1. The summed E-state index contributed by atoms with van der Waals surface area (Å²) in [5.41, 5.74) is -3.28. The Labute approximate surface area is 132 Å². The highest BCUT2D eigenvalue weighted by Crippen LogP contribution is 2.37. The van der Waals surface area contributed by atoms with Crippen molar-refractivity contribution in [2.75, 3.05) is 0 Å². The maximum atomic E-state index is 12.9. The molecular weight excluding hydrogens is 340 g/mol. The lowest BCUT2D eigenvalue weighted by Gasteiger charge is -2.17. The summed E-state index contributed by atoms with van der Waals surface area (Å²) in [6, 6.07) is 2.32. The molecule has 0 saturated carbocycles. The first kappa shape index (κ1) is 17.9. The van der Waals surface area contributed by atoms with Gasteiger partial charge in [-0.3, -0.25) is 0 Å². The lowest BCUT2D eigenvalue weighted by Crippen LogP contribution is -2.13. The van der Waals surface area contributed by atoms with Crippen molar-refractivity contribution in [2.24, 2.45) is 0 Å². The van der Waals surface area contributed by atoms with E-state index in [1.807, 2.05) is 0 Å². The van der Waals surface area contributed by atoms with Gasteiger partial charge in [0, 0.05) is 17.1 Å². The monoisotopic (exact) mass is 351 g/mol. The minimum absolute atomic E-state index is 0.0236. The molecule has 0 aliphatic carbocycles. The summed E-state index contributed by atoms with van der Waals surface area (Å²) in [7, 11) is 0. The van der Waals surface area contributed by atoms with Gasteiger partial charge in [0.05, 0.1) is 16.7 Å². The zero-order valence-electron chi connectivity index (χ0n) is 12.4. The number of nitrogens with zero attached hydrogens (tertiary/aromatic N) is 1. The van der Waals surface area contributed by atoms with E-state index in [-0.39, 0.29) is 23.0 Å². The maximum absolute atomic E-state index is 12.9. The fraction of sp³-hybridized carbons (Fsp3) is 0.267. The summed E-state index contributed by atoms with van der Waals surface area (Å²) in [5.74, 6) is -1.32. The summed E-state index contributed by atoms with van der Waals surface area (Å²) in [6.45, 7) is 2.71. The molecule has 130 valence electrons. The number of aromatic carboxylic acids is 1. The molecule has 0 radical (unpaired) electrons. The quantitative estimate of drug-likeness (QED) is 0.788. The Hall–Kier alpha value is -2.45. The third-order valence-corrected chi connectivity index (χ3v) is 3.49. The Morgan fingerprint density at radius 1 is 0.917 bits per heavy atom. The standard InChI is InChI=1S/C15H11F6NO2/c1-7-3-12(13(23)24)8(2)22(7)11-5-9(14(16,17)18)4-10(6-11)15(19,20)21/h3-6H,1-2H3,(H,23,24). The van der Waals surface area contributed by atoms with Crippen LogP contribution >= 0.6 is 0 Å². The minimum atomic E-state index is -4.97. The first-order valence-electron chi connectivity index (χ1n) is 6.54. The van der Waals surface area contributed by atoms with Crippen LogP contribution in [0.3, 0.4) is 0 Å². The fourth-order valence-corrected chi connectivity index (χ4v) is 2.44. The SMILES string of the molecule is Cc1cc(C(=O)O)c(C)n1-c1cc(C(F)(F)F)cc(C(F)(F)F)c1. The Morgan fingerprint density at radius 2 is 1.38 bits per heavy atom. The second-order valence-corrected chi connectivity index (χ2v) is 5.19. The van der Waals surface area contributed by atoms with Crippen LogP contribution < -0.4 is 0 Å². The van der Waals surface area contributed by atoms with Gasteiger partial charge in [0.15, 0.2) is 0 Å². The number of alkyl halides is 6. The predicted octanol–water partition coefficient (Wildman–Crippen LogP) is 4.83. The van der Waals surface area contributed by atoms with Crippen LogP contribution in [0.2, 0.25) is 0 Å². The molecule has 0 aliphatic heterocycles. The molecule has 0 aliphatic rings. The summed E-state index contributed by atoms with van der Waals surface area (Å²) in [6.07, 6.45) is -9.94. The Bertz CT molecular complexity index is 769. The van der Waals surface area contributed by atoms with Gasteiger partial charge in [0.2, 0.25) is 0 Å². The second kappa shape index (κ2) is 5.57. The van der Waals surface area contributed by atoms with Gasteiger partial charge < -0.3 is 9.67 Å². The summed E-state index contributed by atoms with van der Waals surface area (Å²) in [5, 5.41) is 9.04. The molecule has 0 saturated heterocycles. The molecule has 0 bridgehead atoms. The van der Waals surface area contributed by atoms with E-state index >= 15 is 0 Å². The molecule has 0 fully saturated rings. The van der Waals surface area contributed by atoms with E-state index in [1.165, 1.54) is 19.9 Å². The number of hydrogen-bond donors (Lipinski definition) is 1. The Morgan fingerprint density at radius 3 is 1.71 bits per heavy atom. The summed E-state index contributed by atoms with van der Waals surface area (Å²) < 4.78 is 78.5. The van der Waals surface area contributed by atoms with Crippen molar-refractivity contribution in [1.29, 1.82) is 0 Å². The molecule has 24 heavy (non-hydrogen) atoms. The van der Waals surface area contributed by atoms with Crippen LogP contribution in [0.1, 0.15) is 32.9 Å². The molecule has 0 atom stereocenters. The van der Waals surface area contributed by atoms with Crippen molar-refractivity contribution in [2.45, 2.75) is 26.2 Å². The number of carbonyl (C=O) groups is 1. The molecule has 2 rings (SSSR count). The Balaban J connectivity index is 2.78. The van der Waals surface area contributed by atoms with Crippen LogP contribution in [0, 0.1) is 13.8 Å². The fourth-order valence-electron chi connectivity index (χ4n) is 2.44. The third kappa shape index (κ3) is 3.24. The van der Waals surface area contributed by atoms with E-state index in [0.717, 1.165) is 4.57 Å². The first-order chi connectivity index (χ1) is 10.8. The van der Waals surface area contributed by atoms with Gasteiger partial charge >= 0.3 is 18.3 Å². The topological polar surface area (TPSA) is 42.2 Å². The lowest BCUT2D eigenvalue weighted by molar-refractivity contribution is -0.143. The number of aromatic nitrogens is 1. The second-order valence-electron chi connectivity index (χ2n) is 5.19. The van der Waals surface area contributed by atoms with E-state index in [0.29, 0.717) is 12.1 Å². The zero-order chi connectivity index (χ0) is 18.4. The number of carboxylic acid groups (broad SMARTS) is 1. The molecule has 9 heteroatoms. The molecule has 3 nitrogen and oxygen atoms in total. The van der Waals surface area contributed by atoms with Crippen LogP contribution in [0.15, 0.2) is 24.3 Å². The van der Waals surface area contributed by atoms with Gasteiger partial charge in [-0.1, -0.05) is 0 Å². The number of carboxylic acids is 1. The summed E-state index contributed by atoms with van der Waals surface area (Å²) in [4.78, 5) is 11.1. The molecule has 1 N–H and O–H groups in total. The maximum Gasteiger partial charge on any atom is 0.416 e. The lowest BCUT2D eigenvalue weighted by atomic mass is 10.1. The van der Waals surface area contributed by atoms with Crippen molar-refractivity contribution in [3.05, 3.63) is 52.3 Å². The van der Waals surface area contributed by atoms with Crippen LogP contribution in [-0.2, 0) is 12.4 Å². The van der Waals surface area contributed by atoms with Crippen LogP contribution in [0.25, 0.3) is 5.69 Å². The highest BCUT2D eigenvalue weighted by molar-refractivity contribution is 5.89. The average molecular weight is 351 g/mol. The van der Waals surface area contributed by atoms with Crippen molar-refractivity contribution >= 4 is 5.97 Å². The number of halogens is 6. The highest BCUT2D eigenvalue weighted by atomic mass is 19.4. The zero-order valence-corrected chi connectivity index (χ0v) is 12.4. The first-order valence-corrected chi connectivity index (χ1v) is 6.54. The van der Waals surface area contributed by atoms with Crippen LogP contribution in [0.4, 0.5) is 26.3 Å². The molecule has 0 unspecified atom stereocenters.